The van der Waals surface area contributed by atoms with Crippen LogP contribution in [0.3, 0.4) is 0 Å². The second kappa shape index (κ2) is 5.69. The highest BCUT2D eigenvalue weighted by molar-refractivity contribution is 7.99. The third kappa shape index (κ3) is 2.65. The van der Waals surface area contributed by atoms with Gasteiger partial charge < -0.3 is 14.4 Å². The van der Waals surface area contributed by atoms with Gasteiger partial charge in [-0.1, -0.05) is 23.9 Å². The summed E-state index contributed by atoms with van der Waals surface area (Å²) in [7, 11) is 0. The lowest BCUT2D eigenvalue weighted by molar-refractivity contribution is -0.133. The first-order chi connectivity index (χ1) is 10.1. The summed E-state index contributed by atoms with van der Waals surface area (Å²) in [6.45, 7) is 4.86. The van der Waals surface area contributed by atoms with E-state index in [4.69, 9.17) is 9.84 Å². The number of carboxylic acids is 1. The molecular weight excluding hydrogens is 288 g/mol. The van der Waals surface area contributed by atoms with Crippen molar-refractivity contribution in [1.29, 1.82) is 0 Å². The molecule has 1 aliphatic heterocycles. The highest BCUT2D eigenvalue weighted by Gasteiger charge is 2.30. The van der Waals surface area contributed by atoms with Gasteiger partial charge in [-0.2, -0.15) is 0 Å². The van der Waals surface area contributed by atoms with E-state index in [9.17, 15) is 4.79 Å². The molecule has 112 valence electrons. The van der Waals surface area contributed by atoms with Gasteiger partial charge in [0.05, 0.1) is 28.9 Å². The van der Waals surface area contributed by atoms with Crippen LogP contribution in [0, 0.1) is 6.92 Å². The van der Waals surface area contributed by atoms with Gasteiger partial charge in [0.1, 0.15) is 0 Å². The van der Waals surface area contributed by atoms with Crippen molar-refractivity contribution < 1.29 is 14.6 Å². The number of ether oxygens (including phenoxy) is 1. The predicted molar refractivity (Wildman–Crippen MR) is 81.9 cm³/mol. The average Bonchev–Trinajstić information content (AvgIpc) is 3.00. The number of rotatable bonds is 4. The molecule has 1 aromatic carbocycles. The summed E-state index contributed by atoms with van der Waals surface area (Å²) in [5.41, 5.74) is 3.16. The molecule has 2 aromatic rings. The summed E-state index contributed by atoms with van der Waals surface area (Å²) in [4.78, 5) is 15.5. The number of aliphatic carboxylic acids is 1. The zero-order valence-corrected chi connectivity index (χ0v) is 12.9. The SMILES string of the molecule is Cc1cccc2nc(SCC(=O)O)n(C3CCOC3C)c12. The highest BCUT2D eigenvalue weighted by Crippen LogP contribution is 2.35. The summed E-state index contributed by atoms with van der Waals surface area (Å²) in [6.07, 6.45) is 1.05. The zero-order valence-electron chi connectivity index (χ0n) is 12.1. The van der Waals surface area contributed by atoms with E-state index in [2.05, 4.69) is 29.5 Å². The maximum absolute atomic E-state index is 10.9. The van der Waals surface area contributed by atoms with Gasteiger partial charge in [-0.25, -0.2) is 4.98 Å². The molecule has 2 heterocycles. The minimum atomic E-state index is -0.828. The molecule has 0 aliphatic carbocycles. The van der Waals surface area contributed by atoms with Crippen LogP contribution in [0.25, 0.3) is 11.0 Å². The van der Waals surface area contributed by atoms with Crippen molar-refractivity contribution in [3.63, 3.8) is 0 Å². The van der Waals surface area contributed by atoms with E-state index in [0.29, 0.717) is 0 Å². The number of aryl methyl sites for hydroxylation is 1. The van der Waals surface area contributed by atoms with Crippen LogP contribution in [0.15, 0.2) is 23.4 Å². The number of carboxylic acid groups (broad SMARTS) is 1. The number of thioether (sulfide) groups is 1. The number of carbonyl (C=O) groups is 1. The van der Waals surface area contributed by atoms with E-state index in [0.717, 1.165) is 34.8 Å². The van der Waals surface area contributed by atoms with Crippen molar-refractivity contribution >= 4 is 28.8 Å². The van der Waals surface area contributed by atoms with E-state index < -0.39 is 5.97 Å². The lowest BCUT2D eigenvalue weighted by Gasteiger charge is -2.20. The molecule has 0 amide bonds. The average molecular weight is 306 g/mol. The minimum absolute atomic E-state index is 0.0182. The van der Waals surface area contributed by atoms with E-state index in [1.165, 1.54) is 11.8 Å². The lowest BCUT2D eigenvalue weighted by Crippen LogP contribution is -2.18. The van der Waals surface area contributed by atoms with E-state index >= 15 is 0 Å². The number of hydrogen-bond donors (Lipinski definition) is 1. The first kappa shape index (κ1) is 14.4. The maximum atomic E-state index is 10.9. The Morgan fingerprint density at radius 3 is 3.05 bits per heavy atom. The third-order valence-electron chi connectivity index (χ3n) is 3.87. The monoisotopic (exact) mass is 306 g/mol. The van der Waals surface area contributed by atoms with E-state index in [1.54, 1.807) is 0 Å². The molecular formula is C15H18N2O3S. The van der Waals surface area contributed by atoms with Gasteiger partial charge in [0.15, 0.2) is 5.16 Å². The second-order valence-corrected chi connectivity index (χ2v) is 6.26. The Morgan fingerprint density at radius 1 is 1.57 bits per heavy atom. The van der Waals surface area contributed by atoms with Crippen molar-refractivity contribution in [1.82, 2.24) is 9.55 Å². The molecule has 1 fully saturated rings. The van der Waals surface area contributed by atoms with Crippen LogP contribution in [0.1, 0.15) is 24.9 Å². The second-order valence-electron chi connectivity index (χ2n) is 5.32. The number of fused-ring (bicyclic) bond motifs is 1. The van der Waals surface area contributed by atoms with Crippen LogP contribution in [0.4, 0.5) is 0 Å². The Bertz CT molecular complexity index is 683. The molecule has 6 heteroatoms. The topological polar surface area (TPSA) is 64.3 Å². The first-order valence-corrected chi connectivity index (χ1v) is 8.00. The van der Waals surface area contributed by atoms with Crippen LogP contribution in [-0.4, -0.2) is 39.1 Å². The molecule has 21 heavy (non-hydrogen) atoms. The molecule has 2 atom stereocenters. The minimum Gasteiger partial charge on any atom is -0.481 e. The molecule has 0 spiro atoms. The van der Waals surface area contributed by atoms with Crippen LogP contribution >= 0.6 is 11.8 Å². The number of imidazole rings is 1. The standard InChI is InChI=1S/C15H18N2O3S/c1-9-4-3-5-11-14(9)17(12-6-7-20-10(12)2)15(16-11)21-8-13(18)19/h3-5,10,12H,6-8H2,1-2H3,(H,18,19). The molecule has 1 aliphatic rings. The van der Waals surface area contributed by atoms with Crippen LogP contribution in [0.2, 0.25) is 0 Å². The van der Waals surface area contributed by atoms with Gasteiger partial charge in [-0.3, -0.25) is 4.79 Å². The molecule has 0 saturated carbocycles. The quantitative estimate of drug-likeness (QED) is 0.880. The highest BCUT2D eigenvalue weighted by atomic mass is 32.2. The Morgan fingerprint density at radius 2 is 2.38 bits per heavy atom. The van der Waals surface area contributed by atoms with Gasteiger partial charge in [0.25, 0.3) is 0 Å². The van der Waals surface area contributed by atoms with Crippen molar-refractivity contribution in [2.45, 2.75) is 37.6 Å². The smallest absolute Gasteiger partial charge is 0.313 e. The van der Waals surface area contributed by atoms with Gasteiger partial charge in [-0.15, -0.1) is 0 Å². The van der Waals surface area contributed by atoms with Crippen molar-refractivity contribution in [2.75, 3.05) is 12.4 Å². The third-order valence-corrected chi connectivity index (χ3v) is 4.81. The fourth-order valence-electron chi connectivity index (χ4n) is 2.89. The molecule has 1 N–H and O–H groups in total. The van der Waals surface area contributed by atoms with Gasteiger partial charge in [-0.05, 0) is 31.9 Å². The summed E-state index contributed by atoms with van der Waals surface area (Å²) < 4.78 is 7.86. The summed E-state index contributed by atoms with van der Waals surface area (Å²) in [6, 6.07) is 6.24. The largest absolute Gasteiger partial charge is 0.481 e. The van der Waals surface area contributed by atoms with Crippen LogP contribution < -0.4 is 0 Å². The fourth-order valence-corrected chi connectivity index (χ4v) is 3.68. The molecule has 5 nitrogen and oxygen atoms in total. The predicted octanol–water partition coefficient (Wildman–Crippen LogP) is 2.87. The normalized spacial score (nSPS) is 22.0. The number of aromatic nitrogens is 2. The molecule has 2 unspecified atom stereocenters. The number of hydrogen-bond acceptors (Lipinski definition) is 4. The van der Waals surface area contributed by atoms with Gasteiger partial charge in [0.2, 0.25) is 0 Å². The van der Waals surface area contributed by atoms with E-state index in [1.807, 2.05) is 12.1 Å². The molecule has 0 bridgehead atoms. The Hall–Kier alpha value is -1.53. The number of para-hydroxylation sites is 1. The number of benzene rings is 1. The van der Waals surface area contributed by atoms with Gasteiger partial charge in [0, 0.05) is 6.61 Å². The summed E-state index contributed by atoms with van der Waals surface area (Å²) in [5, 5.41) is 9.70. The fraction of sp³-hybridized carbons (Fsp3) is 0.467. The van der Waals surface area contributed by atoms with Crippen molar-refractivity contribution in [2.24, 2.45) is 0 Å². The summed E-state index contributed by atoms with van der Waals surface area (Å²) >= 11 is 1.28. The Kier molecular flexibility index (Phi) is 3.91. The van der Waals surface area contributed by atoms with Crippen LogP contribution in [-0.2, 0) is 9.53 Å². The molecule has 0 radical (unpaired) electrons. The lowest BCUT2D eigenvalue weighted by atomic mass is 10.1. The number of nitrogens with zero attached hydrogens (tertiary/aromatic N) is 2. The van der Waals surface area contributed by atoms with Crippen molar-refractivity contribution in [3.05, 3.63) is 23.8 Å². The molecule has 1 saturated heterocycles. The Balaban J connectivity index is 2.12. The van der Waals surface area contributed by atoms with Crippen molar-refractivity contribution in [3.8, 4) is 0 Å². The molecule has 3 rings (SSSR count). The van der Waals surface area contributed by atoms with E-state index in [-0.39, 0.29) is 17.9 Å². The van der Waals surface area contributed by atoms with Gasteiger partial charge >= 0.3 is 5.97 Å². The summed E-state index contributed by atoms with van der Waals surface area (Å²) in [5.74, 6) is -0.810. The molecule has 1 aromatic heterocycles. The Labute approximate surface area is 127 Å². The maximum Gasteiger partial charge on any atom is 0.313 e. The zero-order chi connectivity index (χ0) is 15.0. The first-order valence-electron chi connectivity index (χ1n) is 7.01. The van der Waals surface area contributed by atoms with Crippen LogP contribution in [0.5, 0.6) is 0 Å².